The average molecular weight is 221 g/mol. The second-order valence-electron chi connectivity index (χ2n) is 4.02. The van der Waals surface area contributed by atoms with Crippen molar-refractivity contribution in [2.45, 2.75) is 19.9 Å². The molecule has 0 saturated heterocycles. The third kappa shape index (κ3) is 1.96. The molecule has 0 amide bonds. The van der Waals surface area contributed by atoms with Gasteiger partial charge in [-0.3, -0.25) is 4.40 Å². The van der Waals surface area contributed by atoms with Crippen LogP contribution in [-0.2, 0) is 0 Å². The molecule has 0 spiro atoms. The van der Waals surface area contributed by atoms with E-state index in [1.165, 1.54) is 0 Å². The second-order valence-corrected chi connectivity index (χ2v) is 4.02. The molecule has 0 aromatic carbocycles. The van der Waals surface area contributed by atoms with Crippen molar-refractivity contribution in [1.29, 1.82) is 0 Å². The lowest BCUT2D eigenvalue weighted by Gasteiger charge is -2.20. The molecule has 0 aliphatic heterocycles. The van der Waals surface area contributed by atoms with Gasteiger partial charge in [-0.25, -0.2) is 4.98 Å². The molecule has 0 aliphatic carbocycles. The molecule has 0 aliphatic rings. The molecule has 86 valence electrons. The molecule has 1 atom stereocenters. The minimum Gasteiger partial charge on any atom is -0.394 e. The van der Waals surface area contributed by atoms with Crippen LogP contribution in [0.15, 0.2) is 18.7 Å². The number of fused-ring (bicyclic) bond motifs is 1. The van der Waals surface area contributed by atoms with Crippen LogP contribution in [0.25, 0.3) is 5.65 Å². The monoisotopic (exact) mass is 221 g/mol. The van der Waals surface area contributed by atoms with Crippen LogP contribution in [0.2, 0.25) is 0 Å². The Balaban J connectivity index is 2.29. The summed E-state index contributed by atoms with van der Waals surface area (Å²) in [5, 5.41) is 20.2. The number of aliphatic hydroxyl groups is 1. The molecule has 6 heteroatoms. The van der Waals surface area contributed by atoms with E-state index in [9.17, 15) is 5.11 Å². The van der Waals surface area contributed by atoms with Gasteiger partial charge in [0, 0.05) is 12.4 Å². The largest absolute Gasteiger partial charge is 0.394 e. The van der Waals surface area contributed by atoms with E-state index in [1.54, 1.807) is 23.1 Å². The zero-order chi connectivity index (χ0) is 11.5. The van der Waals surface area contributed by atoms with Crippen molar-refractivity contribution < 1.29 is 5.11 Å². The normalized spacial score (nSPS) is 13.2. The highest BCUT2D eigenvalue weighted by Gasteiger charge is 2.14. The minimum atomic E-state index is -0.0320. The molecule has 2 aromatic rings. The van der Waals surface area contributed by atoms with Crippen molar-refractivity contribution in [2.75, 3.05) is 11.9 Å². The van der Waals surface area contributed by atoms with Gasteiger partial charge in [-0.1, -0.05) is 13.8 Å². The first kappa shape index (κ1) is 10.8. The summed E-state index contributed by atoms with van der Waals surface area (Å²) in [6.07, 6.45) is 5.07. The van der Waals surface area contributed by atoms with E-state index < -0.39 is 0 Å². The average Bonchev–Trinajstić information content (AvgIpc) is 2.73. The van der Waals surface area contributed by atoms with Gasteiger partial charge in [0.2, 0.25) is 5.65 Å². The molecule has 16 heavy (non-hydrogen) atoms. The van der Waals surface area contributed by atoms with Gasteiger partial charge in [0.15, 0.2) is 5.82 Å². The van der Waals surface area contributed by atoms with E-state index in [1.807, 2.05) is 13.8 Å². The van der Waals surface area contributed by atoms with Crippen molar-refractivity contribution in [3.8, 4) is 0 Å². The summed E-state index contributed by atoms with van der Waals surface area (Å²) >= 11 is 0. The highest BCUT2D eigenvalue weighted by Crippen LogP contribution is 2.14. The van der Waals surface area contributed by atoms with E-state index >= 15 is 0 Å². The third-order valence-electron chi connectivity index (χ3n) is 2.54. The van der Waals surface area contributed by atoms with Gasteiger partial charge in [0.05, 0.1) is 12.6 Å². The Morgan fingerprint density at radius 3 is 3.00 bits per heavy atom. The molecule has 2 N–H and O–H groups in total. The fourth-order valence-electron chi connectivity index (χ4n) is 1.46. The molecule has 0 saturated carbocycles. The van der Waals surface area contributed by atoms with Crippen molar-refractivity contribution in [3.05, 3.63) is 18.7 Å². The highest BCUT2D eigenvalue weighted by molar-refractivity contribution is 5.61. The molecular weight excluding hydrogens is 206 g/mol. The molecule has 2 aromatic heterocycles. The summed E-state index contributed by atoms with van der Waals surface area (Å²) in [6.45, 7) is 4.14. The molecule has 0 radical (unpaired) electrons. The van der Waals surface area contributed by atoms with Crippen LogP contribution in [0, 0.1) is 5.92 Å². The number of nitrogens with zero attached hydrogens (tertiary/aromatic N) is 4. The van der Waals surface area contributed by atoms with Gasteiger partial charge in [-0.2, -0.15) is 0 Å². The Kier molecular flexibility index (Phi) is 3.00. The van der Waals surface area contributed by atoms with Gasteiger partial charge in [0.1, 0.15) is 6.33 Å². The number of aliphatic hydroxyl groups excluding tert-OH is 1. The molecule has 1 unspecified atom stereocenters. The molecule has 0 fully saturated rings. The summed E-state index contributed by atoms with van der Waals surface area (Å²) in [7, 11) is 0. The first-order chi connectivity index (χ1) is 7.72. The standard InChI is InChI=1S/C10H15N5O/c1-7(2)8(5-16)13-9-10-14-12-6-15(10)4-3-11-9/h3-4,6-8,16H,5H2,1-2H3,(H,11,13). The molecule has 6 nitrogen and oxygen atoms in total. The quantitative estimate of drug-likeness (QED) is 0.788. The second kappa shape index (κ2) is 4.44. The van der Waals surface area contributed by atoms with Crippen molar-refractivity contribution >= 4 is 11.5 Å². The van der Waals surface area contributed by atoms with Crippen molar-refractivity contribution in [2.24, 2.45) is 5.92 Å². The summed E-state index contributed by atoms with van der Waals surface area (Å²) < 4.78 is 1.78. The fraction of sp³-hybridized carbons (Fsp3) is 0.500. The smallest absolute Gasteiger partial charge is 0.203 e. The number of anilines is 1. The number of nitrogens with one attached hydrogen (secondary N) is 1. The third-order valence-corrected chi connectivity index (χ3v) is 2.54. The van der Waals surface area contributed by atoms with Crippen LogP contribution in [0.1, 0.15) is 13.8 Å². The first-order valence-electron chi connectivity index (χ1n) is 5.24. The number of aromatic nitrogens is 4. The van der Waals surface area contributed by atoms with Gasteiger partial charge in [-0.05, 0) is 5.92 Å². The Bertz CT molecular complexity index is 467. The van der Waals surface area contributed by atoms with Crippen LogP contribution in [0.5, 0.6) is 0 Å². The van der Waals surface area contributed by atoms with Gasteiger partial charge < -0.3 is 10.4 Å². The molecule has 0 bridgehead atoms. The van der Waals surface area contributed by atoms with E-state index in [0.29, 0.717) is 17.4 Å². The summed E-state index contributed by atoms with van der Waals surface area (Å²) in [6, 6.07) is -0.0320. The Morgan fingerprint density at radius 1 is 1.50 bits per heavy atom. The number of hydrogen-bond donors (Lipinski definition) is 2. The SMILES string of the molecule is CC(C)C(CO)Nc1nccn2cnnc12. The summed E-state index contributed by atoms with van der Waals surface area (Å²) in [5.41, 5.74) is 0.668. The van der Waals surface area contributed by atoms with Crippen LogP contribution >= 0.6 is 0 Å². The van der Waals surface area contributed by atoms with Crippen molar-refractivity contribution in [1.82, 2.24) is 19.6 Å². The van der Waals surface area contributed by atoms with Gasteiger partial charge in [-0.15, -0.1) is 10.2 Å². The number of rotatable bonds is 4. The topological polar surface area (TPSA) is 75.3 Å². The Labute approximate surface area is 93.3 Å². The molecule has 2 rings (SSSR count). The van der Waals surface area contributed by atoms with E-state index in [-0.39, 0.29) is 12.6 Å². The highest BCUT2D eigenvalue weighted by atomic mass is 16.3. The zero-order valence-electron chi connectivity index (χ0n) is 9.33. The van der Waals surface area contributed by atoms with E-state index in [2.05, 4.69) is 20.5 Å². The molecular formula is C10H15N5O. The number of hydrogen-bond acceptors (Lipinski definition) is 5. The van der Waals surface area contributed by atoms with Gasteiger partial charge >= 0.3 is 0 Å². The van der Waals surface area contributed by atoms with Crippen LogP contribution < -0.4 is 5.32 Å². The van der Waals surface area contributed by atoms with E-state index in [0.717, 1.165) is 0 Å². The summed E-state index contributed by atoms with van der Waals surface area (Å²) in [4.78, 5) is 4.20. The minimum absolute atomic E-state index is 0.0320. The Morgan fingerprint density at radius 2 is 2.31 bits per heavy atom. The lowest BCUT2D eigenvalue weighted by atomic mass is 10.1. The van der Waals surface area contributed by atoms with Crippen LogP contribution in [0.3, 0.4) is 0 Å². The Hall–Kier alpha value is -1.69. The van der Waals surface area contributed by atoms with E-state index in [4.69, 9.17) is 0 Å². The van der Waals surface area contributed by atoms with Crippen molar-refractivity contribution in [3.63, 3.8) is 0 Å². The van der Waals surface area contributed by atoms with Crippen LogP contribution in [-0.4, -0.2) is 37.3 Å². The predicted octanol–water partition coefficient (Wildman–Crippen LogP) is 0.553. The fourth-order valence-corrected chi connectivity index (χ4v) is 1.46. The lowest BCUT2D eigenvalue weighted by Crippen LogP contribution is -2.30. The van der Waals surface area contributed by atoms with Crippen LogP contribution in [0.4, 0.5) is 5.82 Å². The van der Waals surface area contributed by atoms with Gasteiger partial charge in [0.25, 0.3) is 0 Å². The maximum absolute atomic E-state index is 9.25. The maximum atomic E-state index is 9.25. The maximum Gasteiger partial charge on any atom is 0.203 e. The summed E-state index contributed by atoms with van der Waals surface area (Å²) in [5.74, 6) is 0.961. The first-order valence-corrected chi connectivity index (χ1v) is 5.24. The molecule has 2 heterocycles. The zero-order valence-corrected chi connectivity index (χ0v) is 9.33. The predicted molar refractivity (Wildman–Crippen MR) is 60.1 cm³/mol. The lowest BCUT2D eigenvalue weighted by molar-refractivity contribution is 0.249.